The molecule has 0 spiro atoms. The molecule has 68 heavy (non-hydrogen) atoms. The number of nitrogens with one attached hydrogen (secondary N) is 2. The van der Waals surface area contributed by atoms with Gasteiger partial charge in [-0.1, -0.05) is 36.4 Å². The van der Waals surface area contributed by atoms with E-state index >= 15 is 0 Å². The van der Waals surface area contributed by atoms with E-state index in [1.165, 1.54) is 15.7 Å². The highest BCUT2D eigenvalue weighted by Gasteiger charge is 2.38. The lowest BCUT2D eigenvalue weighted by Gasteiger charge is -2.29. The van der Waals surface area contributed by atoms with Gasteiger partial charge in [-0.25, -0.2) is 18.4 Å². The maximum atomic E-state index is 14.2. The van der Waals surface area contributed by atoms with Gasteiger partial charge in [-0.15, -0.1) is 0 Å². The standard InChI is InChI=1S/C46H46F3N7O5.C2HF3O2/c1-53-39-19-26(6-13-37(39)56(46(53)61)38-14-15-40(57)51-45(38)60)3-2-17-54-18-16-30-20-28(7-9-31(30)24-54)29-8-10-32-25-55(52-36(32)21-29)33-11-4-27(5-12-33)23-50-44(59)34-22-35(47)43(58)42(49)41(34)48;3-2(4,5)1(6)7/h6-10,13,19-22,25,27,33,38,58H,2-5,11-12,14-18,23-24H2,1H3,(H,50,59)(H,51,57,60);(H,6,7)/t27?,33?,38-;/m1./s1. The number of rotatable bonds is 10. The zero-order chi connectivity index (χ0) is 48.6. The van der Waals surface area contributed by atoms with Crippen LogP contribution in [0.2, 0.25) is 0 Å². The van der Waals surface area contributed by atoms with Crippen LogP contribution in [0.4, 0.5) is 26.3 Å². The Morgan fingerprint density at radius 1 is 0.868 bits per heavy atom. The fourth-order valence-electron chi connectivity index (χ4n) is 9.38. The van der Waals surface area contributed by atoms with Crippen molar-refractivity contribution >= 4 is 45.6 Å². The second-order valence-corrected chi connectivity index (χ2v) is 17.6. The summed E-state index contributed by atoms with van der Waals surface area (Å²) in [5.41, 5.74) is 7.42. The molecule has 1 atom stereocenters. The number of imide groups is 1. The van der Waals surface area contributed by atoms with Gasteiger partial charge in [0.25, 0.3) is 5.91 Å². The molecule has 0 unspecified atom stereocenters. The lowest BCUT2D eigenvalue weighted by molar-refractivity contribution is -0.192. The van der Waals surface area contributed by atoms with E-state index in [9.17, 15) is 50.6 Å². The van der Waals surface area contributed by atoms with E-state index in [2.05, 4.69) is 58.1 Å². The molecule has 358 valence electrons. The van der Waals surface area contributed by atoms with Crippen molar-refractivity contribution in [1.29, 1.82) is 0 Å². The summed E-state index contributed by atoms with van der Waals surface area (Å²) >= 11 is 0. The van der Waals surface area contributed by atoms with Crippen molar-refractivity contribution in [3.05, 3.63) is 117 Å². The van der Waals surface area contributed by atoms with Crippen LogP contribution in [-0.4, -0.2) is 83.5 Å². The van der Waals surface area contributed by atoms with Crippen molar-refractivity contribution in [2.24, 2.45) is 13.0 Å². The lowest BCUT2D eigenvalue weighted by atomic mass is 9.86. The first-order valence-electron chi connectivity index (χ1n) is 22.2. The number of benzene rings is 4. The molecule has 2 aromatic heterocycles. The van der Waals surface area contributed by atoms with Crippen molar-refractivity contribution in [1.82, 2.24) is 34.4 Å². The summed E-state index contributed by atoms with van der Waals surface area (Å²) in [5.74, 6) is -10.5. The summed E-state index contributed by atoms with van der Waals surface area (Å²) in [5, 5.41) is 27.3. The quantitative estimate of drug-likeness (QED) is 0.0626. The number of phenols is 1. The van der Waals surface area contributed by atoms with Gasteiger partial charge >= 0.3 is 17.8 Å². The average molecular weight is 948 g/mol. The number of nitrogens with zero attached hydrogens (tertiary/aromatic N) is 5. The number of aromatic hydroxyl groups is 1. The van der Waals surface area contributed by atoms with E-state index in [4.69, 9.17) is 15.0 Å². The number of amides is 3. The Labute approximate surface area is 384 Å². The molecule has 6 aromatic rings. The van der Waals surface area contributed by atoms with Crippen LogP contribution in [0.1, 0.15) is 84.1 Å². The van der Waals surface area contributed by atoms with E-state index in [0.717, 1.165) is 97.7 Å². The molecule has 1 saturated carbocycles. The number of aryl methyl sites for hydroxylation is 2. The highest BCUT2D eigenvalue weighted by molar-refractivity contribution is 6.00. The third-order valence-corrected chi connectivity index (χ3v) is 13.1. The van der Waals surface area contributed by atoms with Crippen LogP contribution < -0.4 is 16.3 Å². The van der Waals surface area contributed by atoms with Gasteiger partial charge in [-0.2, -0.15) is 22.7 Å². The van der Waals surface area contributed by atoms with Gasteiger partial charge in [0.2, 0.25) is 17.6 Å². The minimum absolute atomic E-state index is 0.123. The van der Waals surface area contributed by atoms with Gasteiger partial charge in [0.15, 0.2) is 17.4 Å². The Kier molecular flexibility index (Phi) is 13.5. The summed E-state index contributed by atoms with van der Waals surface area (Å²) in [6, 6.07) is 19.1. The van der Waals surface area contributed by atoms with E-state index in [-0.39, 0.29) is 36.5 Å². The Hall–Kier alpha value is -6.96. The van der Waals surface area contributed by atoms with Crippen LogP contribution in [-0.2, 0) is 40.8 Å². The number of phenolic OH excluding ortho intramolecular Hbond substituents is 1. The molecule has 3 amide bonds. The molecule has 4 aromatic carbocycles. The number of alkyl halides is 3. The monoisotopic (exact) mass is 947 g/mol. The summed E-state index contributed by atoms with van der Waals surface area (Å²) in [7, 11) is 1.72. The second-order valence-electron chi connectivity index (χ2n) is 17.6. The molecule has 2 fully saturated rings. The number of carbonyl (C=O) groups excluding carboxylic acids is 3. The van der Waals surface area contributed by atoms with Crippen LogP contribution in [0.3, 0.4) is 0 Å². The van der Waals surface area contributed by atoms with E-state index in [1.807, 2.05) is 22.9 Å². The summed E-state index contributed by atoms with van der Waals surface area (Å²) in [6.07, 6.45) is 3.54. The number of imidazole rings is 1. The molecule has 20 heteroatoms. The molecule has 1 saturated heterocycles. The topological polar surface area (TPSA) is 181 Å². The zero-order valence-corrected chi connectivity index (χ0v) is 36.7. The van der Waals surface area contributed by atoms with Gasteiger partial charge in [-0.3, -0.25) is 38.4 Å². The van der Waals surface area contributed by atoms with Gasteiger partial charge < -0.3 is 15.5 Å². The predicted octanol–water partition coefficient (Wildman–Crippen LogP) is 7.24. The minimum atomic E-state index is -5.08. The fourth-order valence-corrected chi connectivity index (χ4v) is 9.38. The van der Waals surface area contributed by atoms with Crippen molar-refractivity contribution in [2.45, 2.75) is 82.6 Å². The summed E-state index contributed by atoms with van der Waals surface area (Å²) < 4.78 is 78.5. The highest BCUT2D eigenvalue weighted by Crippen LogP contribution is 2.35. The highest BCUT2D eigenvalue weighted by atomic mass is 19.4. The molecule has 9 rings (SSSR count). The summed E-state index contributed by atoms with van der Waals surface area (Å²) in [4.78, 5) is 61.3. The molecule has 0 radical (unpaired) electrons. The number of hydrogen-bond donors (Lipinski definition) is 4. The van der Waals surface area contributed by atoms with E-state index < -0.39 is 58.8 Å². The molecular weight excluding hydrogens is 901 g/mol. The Morgan fingerprint density at radius 2 is 1.59 bits per heavy atom. The number of carboxylic acids is 1. The smallest absolute Gasteiger partial charge is 0.490 e. The van der Waals surface area contributed by atoms with Crippen molar-refractivity contribution < 1.29 is 55.7 Å². The number of piperidine rings is 1. The summed E-state index contributed by atoms with van der Waals surface area (Å²) in [6.45, 7) is 3.04. The molecule has 1 aliphatic carbocycles. The van der Waals surface area contributed by atoms with Crippen molar-refractivity contribution in [3.63, 3.8) is 0 Å². The van der Waals surface area contributed by atoms with Crippen LogP contribution >= 0.6 is 0 Å². The Morgan fingerprint density at radius 3 is 2.31 bits per heavy atom. The number of carbonyl (C=O) groups is 4. The van der Waals surface area contributed by atoms with Gasteiger partial charge in [0.1, 0.15) is 6.04 Å². The first kappa shape index (κ1) is 47.5. The maximum absolute atomic E-state index is 14.2. The SMILES string of the molecule is Cn1c(=O)n([C@@H]2CCC(=O)NC2=O)c2ccc(CCCN3CCc4cc(-c5ccc6cn(C7CCC(CNC(=O)c8cc(F)c(O)c(F)c8F)CC7)nc6c5)ccc4C3)cc21.O=C(O)C(F)(F)F. The minimum Gasteiger partial charge on any atom is -0.503 e. The molecular formula is C48H47F6N7O7. The first-order chi connectivity index (χ1) is 32.4. The number of aliphatic carboxylic acids is 1. The molecule has 2 aliphatic heterocycles. The Bertz CT molecular complexity index is 3010. The number of hydrogen-bond acceptors (Lipinski definition) is 8. The number of aromatic nitrogens is 4. The lowest BCUT2D eigenvalue weighted by Crippen LogP contribution is -2.44. The maximum Gasteiger partial charge on any atom is 0.490 e. The van der Waals surface area contributed by atoms with Crippen LogP contribution in [0.5, 0.6) is 5.75 Å². The number of halogens is 6. The first-order valence-corrected chi connectivity index (χ1v) is 22.2. The van der Waals surface area contributed by atoms with Crippen molar-refractivity contribution in [2.75, 3.05) is 19.6 Å². The van der Waals surface area contributed by atoms with E-state index in [0.29, 0.717) is 18.0 Å². The predicted molar refractivity (Wildman–Crippen MR) is 236 cm³/mol. The molecule has 4 heterocycles. The van der Waals surface area contributed by atoms with Gasteiger partial charge in [0, 0.05) is 44.7 Å². The largest absolute Gasteiger partial charge is 0.503 e. The third-order valence-electron chi connectivity index (χ3n) is 13.1. The Balaban J connectivity index is 0.000000830. The average Bonchev–Trinajstić information content (AvgIpc) is 3.85. The fraction of sp³-hybridized carbons (Fsp3) is 0.375. The van der Waals surface area contributed by atoms with Crippen LogP contribution in [0, 0.1) is 23.4 Å². The van der Waals surface area contributed by atoms with Gasteiger partial charge in [0.05, 0.1) is 28.2 Å². The van der Waals surface area contributed by atoms with Crippen LogP contribution in [0.15, 0.2) is 71.7 Å². The second kappa shape index (κ2) is 19.3. The molecule has 3 aliphatic rings. The van der Waals surface area contributed by atoms with Crippen LogP contribution in [0.25, 0.3) is 33.1 Å². The number of fused-ring (bicyclic) bond motifs is 3. The normalized spacial score (nSPS) is 18.8. The van der Waals surface area contributed by atoms with Gasteiger partial charge in [-0.05, 0) is 116 Å². The zero-order valence-electron chi connectivity index (χ0n) is 36.7. The molecule has 0 bridgehead atoms. The third kappa shape index (κ3) is 10.00. The molecule has 14 nitrogen and oxygen atoms in total. The van der Waals surface area contributed by atoms with E-state index in [1.54, 1.807) is 11.6 Å². The van der Waals surface area contributed by atoms with Crippen molar-refractivity contribution in [3.8, 4) is 16.9 Å². The number of carboxylic acid groups (broad SMARTS) is 1. The molecule has 4 N–H and O–H groups in total.